The number of halogens is 2. The summed E-state index contributed by atoms with van der Waals surface area (Å²) < 4.78 is 66.8. The average molecular weight is 899 g/mol. The zero-order valence-electron chi connectivity index (χ0n) is 36.2. The van der Waals surface area contributed by atoms with Crippen molar-refractivity contribution in [3.8, 4) is 22.2 Å². The first-order valence-corrected chi connectivity index (χ1v) is 23.2. The zero-order chi connectivity index (χ0) is 45.1. The number of thiazole rings is 1. The van der Waals surface area contributed by atoms with Crippen LogP contribution in [0, 0.1) is 24.2 Å². The van der Waals surface area contributed by atoms with Gasteiger partial charge in [0.15, 0.2) is 0 Å². The molecule has 18 heteroatoms. The highest BCUT2D eigenvalue weighted by atomic mass is 32.2. The number of fused-ring (bicyclic) bond motifs is 1. The normalized spacial score (nSPS) is 24.0. The molecule has 2 aliphatic carbocycles. The summed E-state index contributed by atoms with van der Waals surface area (Å²) in [6.45, 7) is 14.4. The first-order chi connectivity index (χ1) is 29.2. The number of benzene rings is 1. The second kappa shape index (κ2) is 17.1. The molecule has 4 amide bonds. The van der Waals surface area contributed by atoms with E-state index < -0.39 is 88.0 Å². The van der Waals surface area contributed by atoms with Crippen molar-refractivity contribution in [1.29, 1.82) is 0 Å². The van der Waals surface area contributed by atoms with Gasteiger partial charge in [0.1, 0.15) is 39.9 Å². The summed E-state index contributed by atoms with van der Waals surface area (Å²) in [7, 11) is -1.72. The SMILES string of the molecule is C=C[C@@H]1CC1(NC(=O)[C@@H]1C[C@@H](Oc2cc(-c3nc(C(C)C)cs3)nc3c(C)c(OC)ccc23)CN1C(=O)[C@@H](CC(=O)N1CCCC(F)(F)C1)C(C)(C)C)C(=O)N(C1CC1)[SH](=O)=O. The Morgan fingerprint density at radius 1 is 1.15 bits per heavy atom. The van der Waals surface area contributed by atoms with E-state index in [1.54, 1.807) is 40.0 Å². The van der Waals surface area contributed by atoms with E-state index in [0.29, 0.717) is 45.9 Å². The number of likely N-dealkylation sites (tertiary alicyclic amines) is 2. The van der Waals surface area contributed by atoms with E-state index in [1.807, 2.05) is 18.4 Å². The fourth-order valence-corrected chi connectivity index (χ4v) is 10.5. The number of aryl methyl sites for hydroxylation is 1. The second-order valence-electron chi connectivity index (χ2n) is 18.5. The van der Waals surface area contributed by atoms with Crippen LogP contribution in [-0.4, -0.2) is 113 Å². The lowest BCUT2D eigenvalue weighted by molar-refractivity contribution is -0.151. The molecule has 14 nitrogen and oxygen atoms in total. The molecule has 7 rings (SSSR count). The first-order valence-electron chi connectivity index (χ1n) is 21.2. The van der Waals surface area contributed by atoms with E-state index in [1.165, 1.54) is 22.3 Å². The lowest BCUT2D eigenvalue weighted by Gasteiger charge is -2.37. The maximum atomic E-state index is 15.0. The van der Waals surface area contributed by atoms with Crippen LogP contribution >= 0.6 is 11.3 Å². The topological polar surface area (TPSA) is 168 Å². The number of hydrogen-bond donors (Lipinski definition) is 2. The molecule has 1 N–H and O–H groups in total. The van der Waals surface area contributed by atoms with Gasteiger partial charge in [0, 0.05) is 60.2 Å². The van der Waals surface area contributed by atoms with Crippen LogP contribution in [0.15, 0.2) is 36.2 Å². The predicted molar refractivity (Wildman–Crippen MR) is 230 cm³/mol. The number of hydrogen-bond acceptors (Lipinski definition) is 11. The van der Waals surface area contributed by atoms with Crippen molar-refractivity contribution in [2.45, 2.75) is 122 Å². The van der Waals surface area contributed by atoms with Gasteiger partial charge in [0.05, 0.1) is 37.3 Å². The van der Waals surface area contributed by atoms with E-state index in [-0.39, 0.29) is 51.1 Å². The monoisotopic (exact) mass is 898 g/mol. The van der Waals surface area contributed by atoms with Gasteiger partial charge in [-0.15, -0.1) is 17.9 Å². The van der Waals surface area contributed by atoms with Gasteiger partial charge in [0.2, 0.25) is 28.6 Å². The molecule has 1 unspecified atom stereocenters. The van der Waals surface area contributed by atoms with Gasteiger partial charge in [-0.05, 0) is 56.1 Å². The Balaban J connectivity index is 1.25. The molecule has 4 heterocycles. The summed E-state index contributed by atoms with van der Waals surface area (Å²) in [4.78, 5) is 69.6. The number of nitrogens with zero attached hydrogens (tertiary/aromatic N) is 5. The Morgan fingerprint density at radius 2 is 1.87 bits per heavy atom. The van der Waals surface area contributed by atoms with E-state index in [4.69, 9.17) is 19.4 Å². The Bertz CT molecular complexity index is 2350. The Kier molecular flexibility index (Phi) is 12.5. The van der Waals surface area contributed by atoms with Crippen LogP contribution in [0.1, 0.15) is 96.7 Å². The number of carbonyl (C=O) groups excluding carboxylic acids is 4. The van der Waals surface area contributed by atoms with Crippen LogP contribution in [0.25, 0.3) is 21.6 Å². The maximum absolute atomic E-state index is 15.0. The molecular formula is C44H56F2N6O8S2. The predicted octanol–water partition coefficient (Wildman–Crippen LogP) is 6.04. The molecular weight excluding hydrogens is 843 g/mol. The van der Waals surface area contributed by atoms with E-state index in [0.717, 1.165) is 20.5 Å². The number of ether oxygens (including phenoxy) is 2. The highest BCUT2D eigenvalue weighted by Crippen LogP contribution is 2.48. The van der Waals surface area contributed by atoms with Gasteiger partial charge in [0.25, 0.3) is 11.8 Å². The lowest BCUT2D eigenvalue weighted by Crippen LogP contribution is -2.57. The molecule has 2 aromatic heterocycles. The number of nitrogens with one attached hydrogen (secondary N) is 1. The van der Waals surface area contributed by atoms with Gasteiger partial charge in [-0.3, -0.25) is 19.2 Å². The van der Waals surface area contributed by atoms with Gasteiger partial charge in [-0.1, -0.05) is 40.7 Å². The Morgan fingerprint density at radius 3 is 2.45 bits per heavy atom. The minimum absolute atomic E-state index is 0.0328. The van der Waals surface area contributed by atoms with Crippen molar-refractivity contribution < 1.29 is 45.9 Å². The molecule has 4 aliphatic rings. The summed E-state index contributed by atoms with van der Waals surface area (Å²) in [6, 6.07) is 3.70. The van der Waals surface area contributed by atoms with Crippen LogP contribution in [0.2, 0.25) is 0 Å². The van der Waals surface area contributed by atoms with E-state index in [9.17, 15) is 36.4 Å². The van der Waals surface area contributed by atoms with Crippen molar-refractivity contribution >= 4 is 56.8 Å². The van der Waals surface area contributed by atoms with Crippen molar-refractivity contribution in [3.63, 3.8) is 0 Å². The lowest BCUT2D eigenvalue weighted by atomic mass is 9.77. The summed E-state index contributed by atoms with van der Waals surface area (Å²) in [5, 5.41) is 6.16. The van der Waals surface area contributed by atoms with Crippen molar-refractivity contribution in [1.82, 2.24) is 29.4 Å². The number of rotatable bonds is 14. The van der Waals surface area contributed by atoms with Crippen molar-refractivity contribution in [2.75, 3.05) is 26.7 Å². The van der Waals surface area contributed by atoms with Crippen LogP contribution in [0.5, 0.6) is 11.5 Å². The molecule has 0 radical (unpaired) electrons. The number of carbonyl (C=O) groups is 4. The maximum Gasteiger partial charge on any atom is 0.265 e. The summed E-state index contributed by atoms with van der Waals surface area (Å²) >= 11 is 1.45. The molecule has 2 saturated heterocycles. The molecule has 1 aromatic carbocycles. The number of aromatic nitrogens is 2. The zero-order valence-corrected chi connectivity index (χ0v) is 38.0. The highest BCUT2D eigenvalue weighted by molar-refractivity contribution is 7.70. The fourth-order valence-electron chi connectivity index (χ4n) is 8.69. The number of amides is 4. The van der Waals surface area contributed by atoms with Crippen molar-refractivity contribution in [3.05, 3.63) is 47.5 Å². The number of pyridine rings is 1. The summed E-state index contributed by atoms with van der Waals surface area (Å²) in [6.07, 6.45) is 1.27. The number of thiol groups is 1. The number of alkyl halides is 2. The minimum atomic E-state index is -3.29. The quantitative estimate of drug-likeness (QED) is 0.144. The fraction of sp³-hybridized carbons (Fsp3) is 0.591. The average Bonchev–Trinajstić information content (AvgIpc) is 4.06. The van der Waals surface area contributed by atoms with Crippen LogP contribution in [0.4, 0.5) is 8.78 Å². The standard InChI is InChI=1S/C44H56F2N6O8S2/c1-9-26-20-44(26,41(56)52(62(57)58)27-11-12-27)49-38(54)33-17-28(21-51(33)40(55)30(42(5,6)7)18-36(53)50-16-10-15-43(45,46)23-50)60-35-19-31(39-48-32(22-61-39)24(2)3)47-37-25(4)34(59-8)14-13-29(35)37/h9,13-14,19,22,24,26-28,30,33,62H,1,10-12,15-18,20-21,23H2,2-8H3,(H,49,54)/t26-,28-,30-,33+,44?/m1/s1. The third-order valence-electron chi connectivity index (χ3n) is 12.6. The summed E-state index contributed by atoms with van der Waals surface area (Å²) in [5.41, 5.74) is 0.388. The smallest absolute Gasteiger partial charge is 0.265 e. The van der Waals surface area contributed by atoms with Gasteiger partial charge < -0.3 is 24.6 Å². The largest absolute Gasteiger partial charge is 0.496 e. The third kappa shape index (κ3) is 9.04. The molecule has 62 heavy (non-hydrogen) atoms. The van der Waals surface area contributed by atoms with Gasteiger partial charge in [-0.25, -0.2) is 31.5 Å². The Hall–Kier alpha value is -4.71. The molecule has 5 atom stereocenters. The molecule has 0 bridgehead atoms. The molecule has 0 spiro atoms. The van der Waals surface area contributed by atoms with Gasteiger partial charge in [-0.2, -0.15) is 0 Å². The van der Waals surface area contributed by atoms with Crippen LogP contribution in [-0.2, 0) is 30.1 Å². The first kappa shape index (κ1) is 45.3. The van der Waals surface area contributed by atoms with E-state index >= 15 is 0 Å². The molecule has 2 saturated carbocycles. The van der Waals surface area contributed by atoms with E-state index in [2.05, 4.69) is 25.7 Å². The van der Waals surface area contributed by atoms with Gasteiger partial charge >= 0.3 is 0 Å². The highest BCUT2D eigenvalue weighted by Gasteiger charge is 2.63. The molecule has 336 valence electrons. The number of methoxy groups -OCH3 is 1. The Labute approximate surface area is 366 Å². The second-order valence-corrected chi connectivity index (χ2v) is 20.3. The molecule has 4 fully saturated rings. The minimum Gasteiger partial charge on any atom is -0.496 e. The summed E-state index contributed by atoms with van der Waals surface area (Å²) in [5.74, 6) is -5.99. The van der Waals surface area contributed by atoms with Crippen LogP contribution in [0.3, 0.4) is 0 Å². The van der Waals surface area contributed by atoms with Crippen LogP contribution < -0.4 is 14.8 Å². The molecule has 2 aliphatic heterocycles. The van der Waals surface area contributed by atoms with Crippen molar-refractivity contribution in [2.24, 2.45) is 17.3 Å². The molecule has 3 aromatic rings. The third-order valence-corrected chi connectivity index (χ3v) is 14.4. The number of piperidine rings is 1.